The number of piperidine rings is 1. The van der Waals surface area contributed by atoms with Crippen LogP contribution in [-0.4, -0.2) is 45.5 Å². The van der Waals surface area contributed by atoms with Crippen LogP contribution in [0.15, 0.2) is 30.3 Å². The topological polar surface area (TPSA) is 86.8 Å². The van der Waals surface area contributed by atoms with Crippen molar-refractivity contribution >= 4 is 22.9 Å². The third-order valence-electron chi connectivity index (χ3n) is 5.87. The standard InChI is InChI=1S/C24H32N6O/c1-17-15-18(2)27-24(26-17)30-14-8-9-19(16-30)23(31)25-13-7-3-4-12-22-28-20-10-5-6-11-21(20)29-22/h5-6,10-11,15,19H,3-4,7-9,12-14,16H2,1-2H3,(H,25,31)(H,28,29)/t19-/m1/s1. The number of amides is 1. The molecular weight excluding hydrogens is 388 g/mol. The minimum Gasteiger partial charge on any atom is -0.356 e. The van der Waals surface area contributed by atoms with Crippen molar-refractivity contribution in [2.75, 3.05) is 24.5 Å². The van der Waals surface area contributed by atoms with Crippen LogP contribution in [0.4, 0.5) is 5.95 Å². The number of aromatic amines is 1. The molecule has 4 rings (SSSR count). The van der Waals surface area contributed by atoms with E-state index in [0.29, 0.717) is 6.54 Å². The van der Waals surface area contributed by atoms with E-state index >= 15 is 0 Å². The van der Waals surface area contributed by atoms with Gasteiger partial charge in [0.2, 0.25) is 11.9 Å². The number of anilines is 1. The van der Waals surface area contributed by atoms with Crippen molar-refractivity contribution < 1.29 is 4.79 Å². The number of H-pyrrole nitrogens is 1. The van der Waals surface area contributed by atoms with Gasteiger partial charge < -0.3 is 15.2 Å². The molecule has 0 radical (unpaired) electrons. The summed E-state index contributed by atoms with van der Waals surface area (Å²) in [6, 6.07) is 10.1. The third-order valence-corrected chi connectivity index (χ3v) is 5.87. The Morgan fingerprint density at radius 1 is 1.13 bits per heavy atom. The molecule has 0 bridgehead atoms. The Hall–Kier alpha value is -2.96. The fraction of sp³-hybridized carbons (Fsp3) is 0.500. The SMILES string of the molecule is Cc1cc(C)nc(N2CCC[C@@H](C(=O)NCCCCCc3nc4ccccc4[nH]3)C2)n1. The summed E-state index contributed by atoms with van der Waals surface area (Å²) in [5.41, 5.74) is 4.06. The predicted octanol–water partition coefficient (Wildman–Crippen LogP) is 3.72. The van der Waals surface area contributed by atoms with Gasteiger partial charge in [-0.1, -0.05) is 18.6 Å². The monoisotopic (exact) mass is 420 g/mol. The first-order valence-corrected chi connectivity index (χ1v) is 11.4. The molecule has 1 fully saturated rings. The Morgan fingerprint density at radius 3 is 2.74 bits per heavy atom. The van der Waals surface area contributed by atoms with Gasteiger partial charge in [-0.2, -0.15) is 0 Å². The first kappa shape index (κ1) is 21.3. The number of nitrogens with one attached hydrogen (secondary N) is 2. The second-order valence-electron chi connectivity index (χ2n) is 8.54. The maximum absolute atomic E-state index is 12.7. The zero-order valence-corrected chi connectivity index (χ0v) is 18.5. The van der Waals surface area contributed by atoms with Crippen LogP contribution in [0.1, 0.15) is 49.3 Å². The zero-order chi connectivity index (χ0) is 21.6. The Morgan fingerprint density at radius 2 is 1.94 bits per heavy atom. The average molecular weight is 421 g/mol. The van der Waals surface area contributed by atoms with Crippen LogP contribution in [0, 0.1) is 19.8 Å². The molecule has 3 heterocycles. The number of nitrogens with zero attached hydrogens (tertiary/aromatic N) is 4. The maximum Gasteiger partial charge on any atom is 0.225 e. The van der Waals surface area contributed by atoms with E-state index in [1.165, 1.54) is 0 Å². The number of hydrogen-bond acceptors (Lipinski definition) is 5. The molecule has 1 amide bonds. The summed E-state index contributed by atoms with van der Waals surface area (Å²) in [7, 11) is 0. The van der Waals surface area contributed by atoms with E-state index in [2.05, 4.69) is 36.2 Å². The number of para-hydroxylation sites is 2. The molecule has 2 N–H and O–H groups in total. The quantitative estimate of drug-likeness (QED) is 0.543. The molecule has 1 aromatic carbocycles. The highest BCUT2D eigenvalue weighted by atomic mass is 16.1. The number of rotatable bonds is 8. The van der Waals surface area contributed by atoms with E-state index in [-0.39, 0.29) is 11.8 Å². The zero-order valence-electron chi connectivity index (χ0n) is 18.5. The predicted molar refractivity (Wildman–Crippen MR) is 123 cm³/mol. The summed E-state index contributed by atoms with van der Waals surface area (Å²) in [6.07, 6.45) is 5.99. The largest absolute Gasteiger partial charge is 0.356 e. The van der Waals surface area contributed by atoms with Crippen LogP contribution in [0.5, 0.6) is 0 Å². The number of imidazole rings is 1. The number of aromatic nitrogens is 4. The first-order chi connectivity index (χ1) is 15.1. The highest BCUT2D eigenvalue weighted by Crippen LogP contribution is 2.21. The number of fused-ring (bicyclic) bond motifs is 1. The molecule has 1 saturated heterocycles. The molecular formula is C24H32N6O. The van der Waals surface area contributed by atoms with Gasteiger partial charge in [0.15, 0.2) is 0 Å². The van der Waals surface area contributed by atoms with Gasteiger partial charge in [-0.25, -0.2) is 15.0 Å². The number of unbranched alkanes of at least 4 members (excludes halogenated alkanes) is 2. The molecule has 7 heteroatoms. The van der Waals surface area contributed by atoms with E-state index in [9.17, 15) is 4.79 Å². The second-order valence-corrected chi connectivity index (χ2v) is 8.54. The molecule has 1 aliphatic rings. The molecule has 3 aromatic rings. The molecule has 7 nitrogen and oxygen atoms in total. The lowest BCUT2D eigenvalue weighted by Gasteiger charge is -2.32. The third kappa shape index (κ3) is 5.60. The average Bonchev–Trinajstić information content (AvgIpc) is 3.18. The summed E-state index contributed by atoms with van der Waals surface area (Å²) in [6.45, 7) is 6.31. The lowest BCUT2D eigenvalue weighted by molar-refractivity contribution is -0.125. The van der Waals surface area contributed by atoms with E-state index in [1.54, 1.807) is 0 Å². The molecule has 31 heavy (non-hydrogen) atoms. The van der Waals surface area contributed by atoms with Gasteiger partial charge in [0, 0.05) is 37.4 Å². The first-order valence-electron chi connectivity index (χ1n) is 11.4. The lowest BCUT2D eigenvalue weighted by atomic mass is 9.97. The summed E-state index contributed by atoms with van der Waals surface area (Å²) in [5.74, 6) is 1.96. The summed E-state index contributed by atoms with van der Waals surface area (Å²) < 4.78 is 0. The van der Waals surface area contributed by atoms with Gasteiger partial charge in [-0.05, 0) is 57.7 Å². The van der Waals surface area contributed by atoms with E-state index in [4.69, 9.17) is 0 Å². The Labute approximate surface area is 183 Å². The van der Waals surface area contributed by atoms with Gasteiger partial charge in [0.05, 0.1) is 17.0 Å². The van der Waals surface area contributed by atoms with Crippen LogP contribution >= 0.6 is 0 Å². The molecule has 1 aliphatic heterocycles. The molecule has 0 saturated carbocycles. The van der Waals surface area contributed by atoms with Crippen LogP contribution < -0.4 is 10.2 Å². The van der Waals surface area contributed by atoms with Crippen molar-refractivity contribution in [3.8, 4) is 0 Å². The Balaban J connectivity index is 1.17. The van der Waals surface area contributed by atoms with E-state index in [0.717, 1.165) is 85.8 Å². The van der Waals surface area contributed by atoms with E-state index < -0.39 is 0 Å². The molecule has 0 aliphatic carbocycles. The maximum atomic E-state index is 12.7. The van der Waals surface area contributed by atoms with Crippen LogP contribution in [0.25, 0.3) is 11.0 Å². The van der Waals surface area contributed by atoms with Crippen molar-refractivity contribution in [1.29, 1.82) is 0 Å². The van der Waals surface area contributed by atoms with Crippen molar-refractivity contribution in [1.82, 2.24) is 25.3 Å². The molecule has 0 unspecified atom stereocenters. The van der Waals surface area contributed by atoms with Gasteiger partial charge >= 0.3 is 0 Å². The van der Waals surface area contributed by atoms with Crippen LogP contribution in [-0.2, 0) is 11.2 Å². The van der Waals surface area contributed by atoms with Crippen LogP contribution in [0.2, 0.25) is 0 Å². The fourth-order valence-electron chi connectivity index (χ4n) is 4.30. The lowest BCUT2D eigenvalue weighted by Crippen LogP contribution is -2.44. The van der Waals surface area contributed by atoms with Crippen molar-refractivity contribution in [2.24, 2.45) is 5.92 Å². The minimum absolute atomic E-state index is 0.00807. The summed E-state index contributed by atoms with van der Waals surface area (Å²) >= 11 is 0. The van der Waals surface area contributed by atoms with Crippen molar-refractivity contribution in [2.45, 2.75) is 52.4 Å². The highest BCUT2D eigenvalue weighted by molar-refractivity contribution is 5.79. The number of aryl methyl sites for hydroxylation is 3. The number of benzene rings is 1. The van der Waals surface area contributed by atoms with Gasteiger partial charge in [0.25, 0.3) is 0 Å². The van der Waals surface area contributed by atoms with E-state index in [1.807, 2.05) is 38.1 Å². The van der Waals surface area contributed by atoms with Gasteiger partial charge in [-0.15, -0.1) is 0 Å². The van der Waals surface area contributed by atoms with Crippen LogP contribution in [0.3, 0.4) is 0 Å². The number of carbonyl (C=O) groups excluding carboxylic acids is 1. The number of hydrogen-bond donors (Lipinski definition) is 2. The fourth-order valence-corrected chi connectivity index (χ4v) is 4.30. The van der Waals surface area contributed by atoms with Crippen molar-refractivity contribution in [3.05, 3.63) is 47.5 Å². The second kappa shape index (κ2) is 9.90. The molecule has 0 spiro atoms. The summed E-state index contributed by atoms with van der Waals surface area (Å²) in [4.78, 5) is 31.9. The molecule has 1 atom stereocenters. The summed E-state index contributed by atoms with van der Waals surface area (Å²) in [5, 5.41) is 3.14. The van der Waals surface area contributed by atoms with Crippen molar-refractivity contribution in [3.63, 3.8) is 0 Å². The molecule has 164 valence electrons. The minimum atomic E-state index is 0.00807. The highest BCUT2D eigenvalue weighted by Gasteiger charge is 2.27. The molecule has 2 aromatic heterocycles. The smallest absolute Gasteiger partial charge is 0.225 e. The normalized spacial score (nSPS) is 16.6. The Kier molecular flexibility index (Phi) is 6.79. The number of carbonyl (C=O) groups is 1. The Bertz CT molecular complexity index is 977. The van der Waals surface area contributed by atoms with Gasteiger partial charge in [-0.3, -0.25) is 4.79 Å². The van der Waals surface area contributed by atoms with Gasteiger partial charge in [0.1, 0.15) is 5.82 Å².